The lowest BCUT2D eigenvalue weighted by Crippen LogP contribution is -2.27. The maximum Gasteiger partial charge on any atom is 0.161 e. The zero-order valence-corrected chi connectivity index (χ0v) is 14.6. The van der Waals surface area contributed by atoms with E-state index in [1.807, 2.05) is 18.2 Å². The van der Waals surface area contributed by atoms with Crippen molar-refractivity contribution < 1.29 is 9.47 Å². The van der Waals surface area contributed by atoms with Crippen LogP contribution in [0.4, 0.5) is 0 Å². The summed E-state index contributed by atoms with van der Waals surface area (Å²) in [6, 6.07) is 12.3. The third-order valence-corrected chi connectivity index (χ3v) is 4.94. The number of aromatic amines is 1. The van der Waals surface area contributed by atoms with E-state index in [1.54, 1.807) is 14.2 Å². The summed E-state index contributed by atoms with van der Waals surface area (Å²) in [6.45, 7) is 2.14. The number of nitrogens with zero attached hydrogens (tertiary/aromatic N) is 1. The highest BCUT2D eigenvalue weighted by atomic mass is 16.5. The van der Waals surface area contributed by atoms with Crippen LogP contribution in [-0.2, 0) is 0 Å². The highest BCUT2D eigenvalue weighted by Crippen LogP contribution is 2.33. The van der Waals surface area contributed by atoms with E-state index in [9.17, 15) is 0 Å². The van der Waals surface area contributed by atoms with E-state index in [-0.39, 0.29) is 0 Å². The molecule has 3 aromatic rings. The number of methoxy groups -OCH3 is 2. The topological polar surface area (TPSA) is 59.2 Å². The fourth-order valence-electron chi connectivity index (χ4n) is 3.51. The maximum atomic E-state index is 5.42. The van der Waals surface area contributed by atoms with Crippen LogP contribution in [0, 0.1) is 0 Å². The SMILES string of the molecule is COc1ccc(-c2ccc3nc(C4CCNCC4)[nH]c3c2)cc1OC. The molecule has 0 unspecified atom stereocenters. The van der Waals surface area contributed by atoms with Crippen LogP contribution < -0.4 is 14.8 Å². The molecule has 1 fully saturated rings. The number of hydrogen-bond acceptors (Lipinski definition) is 4. The van der Waals surface area contributed by atoms with Gasteiger partial charge in [0.15, 0.2) is 11.5 Å². The Hall–Kier alpha value is -2.53. The fraction of sp³-hybridized carbons (Fsp3) is 0.350. The van der Waals surface area contributed by atoms with Crippen LogP contribution in [0.1, 0.15) is 24.6 Å². The molecule has 5 nitrogen and oxygen atoms in total. The molecule has 2 heterocycles. The van der Waals surface area contributed by atoms with Crippen molar-refractivity contribution in [2.75, 3.05) is 27.3 Å². The first-order valence-corrected chi connectivity index (χ1v) is 8.71. The molecule has 0 atom stereocenters. The molecule has 1 aromatic heterocycles. The van der Waals surface area contributed by atoms with E-state index < -0.39 is 0 Å². The van der Waals surface area contributed by atoms with E-state index in [0.717, 1.165) is 65.4 Å². The van der Waals surface area contributed by atoms with Gasteiger partial charge >= 0.3 is 0 Å². The standard InChI is InChI=1S/C20H23N3O2/c1-24-18-6-4-15(12-19(18)25-2)14-3-5-16-17(11-14)23-20(22-16)13-7-9-21-10-8-13/h3-6,11-13,21H,7-10H2,1-2H3,(H,22,23). The van der Waals surface area contributed by atoms with Crippen LogP contribution in [0.3, 0.4) is 0 Å². The van der Waals surface area contributed by atoms with Gasteiger partial charge in [-0.2, -0.15) is 0 Å². The van der Waals surface area contributed by atoms with Crippen molar-refractivity contribution in [3.8, 4) is 22.6 Å². The molecule has 0 spiro atoms. The molecule has 0 radical (unpaired) electrons. The summed E-state index contributed by atoms with van der Waals surface area (Å²) in [5.41, 5.74) is 4.34. The molecule has 0 saturated carbocycles. The number of aromatic nitrogens is 2. The molecule has 1 aliphatic heterocycles. The number of piperidine rings is 1. The summed E-state index contributed by atoms with van der Waals surface area (Å²) in [7, 11) is 3.31. The predicted molar refractivity (Wildman–Crippen MR) is 99.5 cm³/mol. The summed E-state index contributed by atoms with van der Waals surface area (Å²) in [4.78, 5) is 8.34. The van der Waals surface area contributed by atoms with Crippen LogP contribution in [0.2, 0.25) is 0 Å². The fourth-order valence-corrected chi connectivity index (χ4v) is 3.51. The van der Waals surface area contributed by atoms with Gasteiger partial charge in [-0.25, -0.2) is 4.98 Å². The lowest BCUT2D eigenvalue weighted by atomic mass is 9.98. The van der Waals surface area contributed by atoms with Crippen LogP contribution >= 0.6 is 0 Å². The first-order chi connectivity index (χ1) is 12.3. The third-order valence-electron chi connectivity index (χ3n) is 4.94. The van der Waals surface area contributed by atoms with Crippen LogP contribution in [0.5, 0.6) is 11.5 Å². The van der Waals surface area contributed by atoms with Crippen LogP contribution in [-0.4, -0.2) is 37.3 Å². The second-order valence-electron chi connectivity index (χ2n) is 6.45. The highest BCUT2D eigenvalue weighted by Gasteiger charge is 2.18. The molecule has 5 heteroatoms. The largest absolute Gasteiger partial charge is 0.493 e. The van der Waals surface area contributed by atoms with E-state index >= 15 is 0 Å². The summed E-state index contributed by atoms with van der Waals surface area (Å²) >= 11 is 0. The van der Waals surface area contributed by atoms with Gasteiger partial charge in [0.1, 0.15) is 5.82 Å². The van der Waals surface area contributed by atoms with E-state index in [1.165, 1.54) is 0 Å². The summed E-state index contributed by atoms with van der Waals surface area (Å²) in [6.07, 6.45) is 2.28. The minimum atomic E-state index is 0.526. The van der Waals surface area contributed by atoms with Crippen molar-refractivity contribution in [3.63, 3.8) is 0 Å². The minimum absolute atomic E-state index is 0.526. The zero-order chi connectivity index (χ0) is 17.2. The number of ether oxygens (including phenoxy) is 2. The molecular weight excluding hydrogens is 314 g/mol. The van der Waals surface area contributed by atoms with Crippen molar-refractivity contribution in [2.24, 2.45) is 0 Å². The molecule has 2 N–H and O–H groups in total. The van der Waals surface area contributed by atoms with E-state index in [0.29, 0.717) is 5.92 Å². The number of benzene rings is 2. The Morgan fingerprint density at radius 2 is 1.64 bits per heavy atom. The second-order valence-corrected chi connectivity index (χ2v) is 6.45. The quantitative estimate of drug-likeness (QED) is 0.762. The third kappa shape index (κ3) is 3.07. The van der Waals surface area contributed by atoms with Gasteiger partial charge in [0.05, 0.1) is 25.3 Å². The van der Waals surface area contributed by atoms with Gasteiger partial charge in [0.2, 0.25) is 0 Å². The number of rotatable bonds is 4. The van der Waals surface area contributed by atoms with Crippen molar-refractivity contribution in [1.82, 2.24) is 15.3 Å². The molecular formula is C20H23N3O2. The van der Waals surface area contributed by atoms with Crippen molar-refractivity contribution in [1.29, 1.82) is 0 Å². The summed E-state index contributed by atoms with van der Waals surface area (Å²) < 4.78 is 10.7. The van der Waals surface area contributed by atoms with Crippen LogP contribution in [0.15, 0.2) is 36.4 Å². The molecule has 0 amide bonds. The van der Waals surface area contributed by atoms with Gasteiger partial charge < -0.3 is 19.8 Å². The molecule has 25 heavy (non-hydrogen) atoms. The number of fused-ring (bicyclic) bond motifs is 1. The number of nitrogens with one attached hydrogen (secondary N) is 2. The minimum Gasteiger partial charge on any atom is -0.493 e. The Morgan fingerprint density at radius 3 is 2.40 bits per heavy atom. The van der Waals surface area contributed by atoms with Gasteiger partial charge in [-0.3, -0.25) is 0 Å². The first-order valence-electron chi connectivity index (χ1n) is 8.71. The van der Waals surface area contributed by atoms with Gasteiger partial charge in [-0.1, -0.05) is 12.1 Å². The van der Waals surface area contributed by atoms with Gasteiger partial charge in [-0.15, -0.1) is 0 Å². The average molecular weight is 337 g/mol. The Bertz CT molecular complexity index is 882. The van der Waals surface area contributed by atoms with Gasteiger partial charge in [-0.05, 0) is 61.3 Å². The Kier molecular flexibility index (Phi) is 4.32. The molecule has 0 bridgehead atoms. The molecule has 1 saturated heterocycles. The van der Waals surface area contributed by atoms with Crippen LogP contribution in [0.25, 0.3) is 22.2 Å². The number of H-pyrrole nitrogens is 1. The Balaban J connectivity index is 1.69. The van der Waals surface area contributed by atoms with E-state index in [4.69, 9.17) is 14.5 Å². The lowest BCUT2D eigenvalue weighted by Gasteiger charge is -2.20. The number of imidazole rings is 1. The van der Waals surface area contributed by atoms with Crippen molar-refractivity contribution in [3.05, 3.63) is 42.2 Å². The molecule has 130 valence electrons. The van der Waals surface area contributed by atoms with Gasteiger partial charge in [0, 0.05) is 5.92 Å². The monoisotopic (exact) mass is 337 g/mol. The number of hydrogen-bond donors (Lipinski definition) is 2. The Labute approximate surface area is 147 Å². The predicted octanol–water partition coefficient (Wildman–Crippen LogP) is 3.71. The lowest BCUT2D eigenvalue weighted by molar-refractivity contribution is 0.355. The first kappa shape index (κ1) is 16.0. The maximum absolute atomic E-state index is 5.42. The van der Waals surface area contributed by atoms with Crippen molar-refractivity contribution in [2.45, 2.75) is 18.8 Å². The smallest absolute Gasteiger partial charge is 0.161 e. The molecule has 0 aliphatic carbocycles. The molecule has 2 aromatic carbocycles. The average Bonchev–Trinajstić information content (AvgIpc) is 3.11. The highest BCUT2D eigenvalue weighted by molar-refractivity contribution is 5.82. The van der Waals surface area contributed by atoms with E-state index in [2.05, 4.69) is 28.5 Å². The summed E-state index contributed by atoms with van der Waals surface area (Å²) in [5, 5.41) is 3.41. The molecule has 1 aliphatic rings. The second kappa shape index (κ2) is 6.76. The normalized spacial score (nSPS) is 15.4. The molecule has 4 rings (SSSR count). The van der Waals surface area contributed by atoms with Crippen molar-refractivity contribution >= 4 is 11.0 Å². The summed E-state index contributed by atoms with van der Waals surface area (Å²) in [5.74, 6) is 3.11. The zero-order valence-electron chi connectivity index (χ0n) is 14.6. The van der Waals surface area contributed by atoms with Gasteiger partial charge in [0.25, 0.3) is 0 Å². The Morgan fingerprint density at radius 1 is 0.920 bits per heavy atom.